The number of hydrogen-bond acceptors (Lipinski definition) is 7. The number of amides is 1. The second kappa shape index (κ2) is 11.1. The van der Waals surface area contributed by atoms with Crippen LogP contribution in [0.2, 0.25) is 0 Å². The van der Waals surface area contributed by atoms with Gasteiger partial charge in [-0.15, -0.1) is 0 Å². The molecule has 13 heteroatoms. The molecule has 39 heavy (non-hydrogen) atoms. The fourth-order valence-electron chi connectivity index (χ4n) is 5.03. The summed E-state index contributed by atoms with van der Waals surface area (Å²) in [5.74, 6) is -0.828. The Morgan fingerprint density at radius 2 is 2.13 bits per heavy atom. The highest BCUT2D eigenvalue weighted by Crippen LogP contribution is 2.42. The molecule has 0 aliphatic carbocycles. The van der Waals surface area contributed by atoms with Crippen LogP contribution in [0.4, 0.5) is 14.5 Å². The largest absolute Gasteiger partial charge is 0.488 e. The van der Waals surface area contributed by atoms with Crippen LogP contribution in [0.1, 0.15) is 48.3 Å². The van der Waals surface area contributed by atoms with Crippen LogP contribution in [0.15, 0.2) is 42.7 Å². The molecule has 2 aromatic heterocycles. The Morgan fingerprint density at radius 1 is 1.31 bits per heavy atom. The third-order valence-electron chi connectivity index (χ3n) is 6.99. The van der Waals surface area contributed by atoms with Gasteiger partial charge in [0.2, 0.25) is 0 Å². The number of imidazole rings is 1. The van der Waals surface area contributed by atoms with E-state index in [1.807, 2.05) is 6.92 Å². The van der Waals surface area contributed by atoms with Gasteiger partial charge in [0.1, 0.15) is 35.2 Å². The van der Waals surface area contributed by atoms with Crippen LogP contribution in [0.5, 0.6) is 5.75 Å². The van der Waals surface area contributed by atoms with Crippen LogP contribution >= 0.6 is 0 Å². The molecule has 2 aliphatic rings. The minimum atomic E-state index is -4.04. The molecule has 2 aliphatic heterocycles. The predicted molar refractivity (Wildman–Crippen MR) is 140 cm³/mol. The van der Waals surface area contributed by atoms with E-state index in [0.29, 0.717) is 48.7 Å². The van der Waals surface area contributed by atoms with E-state index in [1.165, 1.54) is 29.8 Å². The Morgan fingerprint density at radius 3 is 2.87 bits per heavy atom. The highest BCUT2D eigenvalue weighted by molar-refractivity contribution is 7.87. The first kappa shape index (κ1) is 27.3. The number of carbonyl (C=O) groups excluding carboxylic acids is 1. The van der Waals surface area contributed by atoms with Crippen molar-refractivity contribution in [1.82, 2.24) is 18.4 Å². The quantitative estimate of drug-likeness (QED) is 0.426. The van der Waals surface area contributed by atoms with Crippen LogP contribution in [0, 0.1) is 5.82 Å². The van der Waals surface area contributed by atoms with Gasteiger partial charge in [-0.1, -0.05) is 6.92 Å². The molecule has 3 aromatic rings. The standard InChI is InChI=1S/C26H31F2N5O5S/c1-3-9-31(2)39(35,36)30-26(34)23-13-29-25-7-5-19(15-33(23)25)32-14-18(28)12-22(32)21-11-17(27)4-6-24(21)38-20-8-10-37-16-20/h4-7,11,13,15,18,20,22H,3,8-10,12,14,16H2,1-2H3,(H,30,34)/t18-,20+,22+/m0/s1. The maximum Gasteiger partial charge on any atom is 0.303 e. The van der Waals surface area contributed by atoms with Gasteiger partial charge in [0.25, 0.3) is 5.91 Å². The molecule has 0 unspecified atom stereocenters. The molecular weight excluding hydrogens is 532 g/mol. The monoisotopic (exact) mass is 563 g/mol. The zero-order valence-electron chi connectivity index (χ0n) is 21.7. The van der Waals surface area contributed by atoms with E-state index >= 15 is 0 Å². The van der Waals surface area contributed by atoms with E-state index in [2.05, 4.69) is 9.71 Å². The summed E-state index contributed by atoms with van der Waals surface area (Å²) in [6.07, 6.45) is 2.97. The molecule has 210 valence electrons. The SMILES string of the molecule is CCCN(C)S(=O)(=O)NC(=O)c1cnc2ccc(N3C[C@@H](F)C[C@@H]3c3cc(F)ccc3O[C@@H]3CCOC3)cn12. The highest BCUT2D eigenvalue weighted by Gasteiger charge is 2.36. The molecule has 5 rings (SSSR count). The smallest absolute Gasteiger partial charge is 0.303 e. The number of benzene rings is 1. The Bertz CT molecular complexity index is 1460. The normalized spacial score (nSPS) is 21.7. The molecule has 0 spiro atoms. The summed E-state index contributed by atoms with van der Waals surface area (Å²) in [6.45, 7) is 3.14. The third-order valence-corrected chi connectivity index (χ3v) is 8.43. The molecule has 0 bridgehead atoms. The fourth-order valence-corrected chi connectivity index (χ4v) is 5.94. The molecular formula is C26H31F2N5O5S. The van der Waals surface area contributed by atoms with E-state index in [4.69, 9.17) is 9.47 Å². The number of nitrogens with zero attached hydrogens (tertiary/aromatic N) is 4. The number of rotatable bonds is 9. The predicted octanol–water partition coefficient (Wildman–Crippen LogP) is 3.25. The molecule has 1 aromatic carbocycles. The number of ether oxygens (including phenoxy) is 2. The Labute approximate surface area is 225 Å². The van der Waals surface area contributed by atoms with Crippen LogP contribution in [-0.4, -0.2) is 73.6 Å². The van der Waals surface area contributed by atoms with Crippen LogP contribution in [-0.2, 0) is 14.9 Å². The van der Waals surface area contributed by atoms with Crippen molar-refractivity contribution < 1.29 is 31.5 Å². The lowest BCUT2D eigenvalue weighted by Gasteiger charge is -2.29. The van der Waals surface area contributed by atoms with E-state index in [9.17, 15) is 22.0 Å². The first-order valence-corrected chi connectivity index (χ1v) is 14.3. The molecule has 0 radical (unpaired) electrons. The second-order valence-electron chi connectivity index (χ2n) is 9.80. The Hall–Kier alpha value is -3.29. The van der Waals surface area contributed by atoms with E-state index in [-0.39, 0.29) is 31.3 Å². The van der Waals surface area contributed by atoms with Crippen molar-refractivity contribution >= 4 is 27.5 Å². The van der Waals surface area contributed by atoms with Gasteiger partial charge in [-0.3, -0.25) is 9.20 Å². The maximum absolute atomic E-state index is 14.9. The molecule has 3 atom stereocenters. The van der Waals surface area contributed by atoms with Crippen LogP contribution < -0.4 is 14.4 Å². The van der Waals surface area contributed by atoms with Crippen molar-refractivity contribution in [2.45, 2.75) is 44.5 Å². The summed E-state index contributed by atoms with van der Waals surface area (Å²) >= 11 is 0. The fraction of sp³-hybridized carbons (Fsp3) is 0.462. The number of aromatic nitrogens is 2. The van der Waals surface area contributed by atoms with Gasteiger partial charge in [0, 0.05) is 44.7 Å². The van der Waals surface area contributed by atoms with Gasteiger partial charge in [-0.05, 0) is 36.8 Å². The summed E-state index contributed by atoms with van der Waals surface area (Å²) in [7, 11) is -2.65. The number of carbonyl (C=O) groups is 1. The van der Waals surface area contributed by atoms with E-state index in [1.54, 1.807) is 29.3 Å². The Kier molecular flexibility index (Phi) is 7.74. The number of nitrogens with one attached hydrogen (secondary N) is 1. The van der Waals surface area contributed by atoms with E-state index in [0.717, 1.165) is 4.31 Å². The van der Waals surface area contributed by atoms with Crippen molar-refractivity contribution in [2.75, 3.05) is 38.3 Å². The van der Waals surface area contributed by atoms with Crippen molar-refractivity contribution in [3.05, 3.63) is 59.8 Å². The number of alkyl halides is 1. The van der Waals surface area contributed by atoms with Crippen LogP contribution in [0.25, 0.3) is 5.65 Å². The van der Waals surface area contributed by atoms with Crippen LogP contribution in [0.3, 0.4) is 0 Å². The topological polar surface area (TPSA) is 105 Å². The Balaban J connectivity index is 1.46. The summed E-state index contributed by atoms with van der Waals surface area (Å²) in [5.41, 5.74) is 1.50. The van der Waals surface area contributed by atoms with Gasteiger partial charge < -0.3 is 14.4 Å². The van der Waals surface area contributed by atoms with E-state index < -0.39 is 34.1 Å². The molecule has 2 fully saturated rings. The van der Waals surface area contributed by atoms with Crippen molar-refractivity contribution in [3.63, 3.8) is 0 Å². The maximum atomic E-state index is 14.9. The molecule has 2 saturated heterocycles. The minimum absolute atomic E-state index is 0.00359. The summed E-state index contributed by atoms with van der Waals surface area (Å²) in [4.78, 5) is 19.0. The number of halogens is 2. The average Bonchev–Trinajstić information content (AvgIpc) is 3.64. The third kappa shape index (κ3) is 5.70. The molecule has 1 N–H and O–H groups in total. The number of hydrogen-bond donors (Lipinski definition) is 1. The summed E-state index contributed by atoms with van der Waals surface area (Å²) in [5, 5.41) is 0. The lowest BCUT2D eigenvalue weighted by atomic mass is 10.0. The number of fused-ring (bicyclic) bond motifs is 1. The lowest BCUT2D eigenvalue weighted by molar-refractivity contribution is 0.0973. The lowest BCUT2D eigenvalue weighted by Crippen LogP contribution is -2.42. The first-order chi connectivity index (χ1) is 18.7. The zero-order valence-corrected chi connectivity index (χ0v) is 22.5. The van der Waals surface area contributed by atoms with Crippen molar-refractivity contribution in [1.29, 1.82) is 0 Å². The zero-order chi connectivity index (χ0) is 27.7. The molecule has 0 saturated carbocycles. The van der Waals surface area contributed by atoms with Crippen molar-refractivity contribution in [3.8, 4) is 5.75 Å². The molecule has 1 amide bonds. The average molecular weight is 564 g/mol. The van der Waals surface area contributed by atoms with Gasteiger partial charge in [0.15, 0.2) is 0 Å². The molecule has 10 nitrogen and oxygen atoms in total. The number of pyridine rings is 1. The minimum Gasteiger partial charge on any atom is -0.488 e. The van der Waals surface area contributed by atoms with Gasteiger partial charge in [0.05, 0.1) is 31.1 Å². The highest BCUT2D eigenvalue weighted by atomic mass is 32.2. The van der Waals surface area contributed by atoms with Gasteiger partial charge in [-0.2, -0.15) is 12.7 Å². The first-order valence-electron chi connectivity index (χ1n) is 12.9. The molecule has 4 heterocycles. The summed E-state index contributed by atoms with van der Waals surface area (Å²) in [6, 6.07) is 7.11. The van der Waals surface area contributed by atoms with Gasteiger partial charge in [-0.25, -0.2) is 18.5 Å². The van der Waals surface area contributed by atoms with Crippen molar-refractivity contribution in [2.24, 2.45) is 0 Å². The number of anilines is 1. The van der Waals surface area contributed by atoms with Gasteiger partial charge >= 0.3 is 10.2 Å². The second-order valence-corrected chi connectivity index (χ2v) is 11.6. The summed E-state index contributed by atoms with van der Waals surface area (Å²) < 4.78 is 70.4.